The highest BCUT2D eigenvalue weighted by Crippen LogP contribution is 2.59. The maximum Gasteiger partial charge on any atom is 0.0178 e. The van der Waals surface area contributed by atoms with Gasteiger partial charge in [-0.3, -0.25) is 0 Å². The van der Waals surface area contributed by atoms with E-state index in [0.717, 1.165) is 10.9 Å². The van der Waals surface area contributed by atoms with Gasteiger partial charge in [0.15, 0.2) is 0 Å². The zero-order valence-corrected chi connectivity index (χ0v) is 33.9. The first kappa shape index (κ1) is 33.2. The SMILES string of the molecule is C=CC1=C(/C=C\C)c2cccc3c(-c4c5c(c(-c6ccc7c8c(cccc68)-c6ccccc6-7)c6ccccc46)C=C4C(C5)c5ccc(Br)cc5C4(C)C)ccc1c23. The van der Waals surface area contributed by atoms with E-state index in [2.05, 4.69) is 189 Å². The summed E-state index contributed by atoms with van der Waals surface area (Å²) in [6.45, 7) is 11.2. The summed E-state index contributed by atoms with van der Waals surface area (Å²) < 4.78 is 1.14. The second kappa shape index (κ2) is 11.8. The van der Waals surface area contributed by atoms with Crippen LogP contribution in [-0.4, -0.2) is 0 Å². The second-order valence-electron chi connectivity index (χ2n) is 16.8. The summed E-state index contributed by atoms with van der Waals surface area (Å²) in [5.74, 6) is 0.303. The fraction of sp³-hybridized carbons (Fsp3) is 0.107. The van der Waals surface area contributed by atoms with Gasteiger partial charge in [0.05, 0.1) is 0 Å². The van der Waals surface area contributed by atoms with E-state index in [4.69, 9.17) is 0 Å². The van der Waals surface area contributed by atoms with Gasteiger partial charge in [0.2, 0.25) is 0 Å². The lowest BCUT2D eigenvalue weighted by Crippen LogP contribution is -2.20. The molecule has 0 nitrogen and oxygen atoms in total. The molecule has 0 N–H and O–H groups in total. The molecule has 0 spiro atoms. The smallest absolute Gasteiger partial charge is 0.0178 e. The minimum Gasteiger partial charge on any atom is -0.0984 e. The van der Waals surface area contributed by atoms with E-state index < -0.39 is 0 Å². The molecule has 0 radical (unpaired) electrons. The van der Waals surface area contributed by atoms with Crippen molar-refractivity contribution in [3.63, 3.8) is 0 Å². The predicted octanol–water partition coefficient (Wildman–Crippen LogP) is 15.9. The van der Waals surface area contributed by atoms with E-state index in [9.17, 15) is 0 Å². The summed E-state index contributed by atoms with van der Waals surface area (Å²) in [5.41, 5.74) is 22.8. The fourth-order valence-electron chi connectivity index (χ4n) is 11.4. The fourth-order valence-corrected chi connectivity index (χ4v) is 11.8. The summed E-state index contributed by atoms with van der Waals surface area (Å²) in [6.07, 6.45) is 10.0. The van der Waals surface area contributed by atoms with Crippen LogP contribution in [0.15, 0.2) is 162 Å². The standard InChI is InChI=1S/C56H39Br/c1-5-13-33-32(6-2)43-24-26-45(41-20-11-18-37(33)52(41)43)54-39-16-9-10-17-40(39)55(46-27-25-44-35-15-8-7-14-34(35)38-19-12-21-42(46)53(38)44)49-30-51-47(29-48(49)54)36-23-22-31(57)28-50(36)56(51,3)4/h5-28,30,47H,2,29H2,1,3-4H3/b13-5-. The largest absolute Gasteiger partial charge is 0.0984 e. The Bertz CT molecular complexity index is 3240. The zero-order chi connectivity index (χ0) is 38.3. The third-order valence-electron chi connectivity index (χ3n) is 13.8. The van der Waals surface area contributed by atoms with Crippen molar-refractivity contribution in [2.45, 2.75) is 38.5 Å². The van der Waals surface area contributed by atoms with Crippen molar-refractivity contribution in [2.75, 3.05) is 0 Å². The van der Waals surface area contributed by atoms with Crippen LogP contribution in [0.25, 0.3) is 94.0 Å². The number of benzene rings is 8. The van der Waals surface area contributed by atoms with Crippen LogP contribution in [0.5, 0.6) is 0 Å². The molecule has 0 fully saturated rings. The zero-order valence-electron chi connectivity index (χ0n) is 32.3. The average molecular weight is 792 g/mol. The number of allylic oxidation sites excluding steroid dienone is 6. The maximum atomic E-state index is 4.28. The lowest BCUT2D eigenvalue weighted by atomic mass is 9.71. The molecule has 1 unspecified atom stereocenters. The first-order valence-electron chi connectivity index (χ1n) is 20.2. The van der Waals surface area contributed by atoms with Gasteiger partial charge in [0.25, 0.3) is 0 Å². The van der Waals surface area contributed by atoms with Crippen molar-refractivity contribution in [1.29, 1.82) is 0 Å². The Morgan fingerprint density at radius 1 is 0.596 bits per heavy atom. The van der Waals surface area contributed by atoms with Crippen molar-refractivity contribution in [2.24, 2.45) is 0 Å². The van der Waals surface area contributed by atoms with Crippen LogP contribution in [0.3, 0.4) is 0 Å². The molecule has 0 saturated heterocycles. The summed E-state index contributed by atoms with van der Waals surface area (Å²) in [5, 5.41) is 7.94. The molecule has 12 rings (SSSR count). The van der Waals surface area contributed by atoms with Crippen LogP contribution in [0.4, 0.5) is 0 Å². The third-order valence-corrected chi connectivity index (χ3v) is 14.3. The number of fused-ring (bicyclic) bond motifs is 8. The Morgan fingerprint density at radius 2 is 1.16 bits per heavy atom. The highest BCUT2D eigenvalue weighted by atomic mass is 79.9. The minimum atomic E-state index is -0.105. The van der Waals surface area contributed by atoms with E-state index in [1.807, 2.05) is 6.08 Å². The Kier molecular flexibility index (Phi) is 6.84. The maximum absolute atomic E-state index is 4.28. The van der Waals surface area contributed by atoms with Crippen LogP contribution in [0.2, 0.25) is 0 Å². The molecule has 8 aromatic carbocycles. The first-order chi connectivity index (χ1) is 27.9. The van der Waals surface area contributed by atoms with Gasteiger partial charge >= 0.3 is 0 Å². The van der Waals surface area contributed by atoms with E-state index in [-0.39, 0.29) is 5.41 Å². The molecule has 0 heterocycles. The van der Waals surface area contributed by atoms with Gasteiger partial charge in [-0.15, -0.1) is 0 Å². The van der Waals surface area contributed by atoms with Gasteiger partial charge in [0.1, 0.15) is 0 Å². The average Bonchev–Trinajstić information content (AvgIpc) is 3.81. The van der Waals surface area contributed by atoms with E-state index in [1.165, 1.54) is 127 Å². The van der Waals surface area contributed by atoms with Gasteiger partial charge in [0, 0.05) is 15.8 Å². The monoisotopic (exact) mass is 790 g/mol. The molecule has 1 atom stereocenters. The predicted molar refractivity (Wildman–Crippen MR) is 248 cm³/mol. The Morgan fingerprint density at radius 3 is 1.88 bits per heavy atom. The number of hydrogen-bond donors (Lipinski definition) is 0. The molecule has 57 heavy (non-hydrogen) atoms. The molecule has 0 amide bonds. The van der Waals surface area contributed by atoms with Crippen LogP contribution in [0.1, 0.15) is 60.1 Å². The molecular formula is C56H39Br. The summed E-state index contributed by atoms with van der Waals surface area (Å²) in [4.78, 5) is 0. The quantitative estimate of drug-likeness (QED) is 0.167. The molecule has 0 bridgehead atoms. The second-order valence-corrected chi connectivity index (χ2v) is 17.7. The van der Waals surface area contributed by atoms with Crippen molar-refractivity contribution in [1.82, 2.24) is 0 Å². The molecular weight excluding hydrogens is 753 g/mol. The molecule has 270 valence electrons. The van der Waals surface area contributed by atoms with Gasteiger partial charge in [-0.2, -0.15) is 0 Å². The highest BCUT2D eigenvalue weighted by molar-refractivity contribution is 9.10. The van der Waals surface area contributed by atoms with Gasteiger partial charge < -0.3 is 0 Å². The lowest BCUT2D eigenvalue weighted by molar-refractivity contribution is 0.614. The normalized spacial score (nSPS) is 16.7. The highest BCUT2D eigenvalue weighted by Gasteiger charge is 2.44. The van der Waals surface area contributed by atoms with Crippen LogP contribution in [-0.2, 0) is 11.8 Å². The number of halogens is 1. The Balaban J connectivity index is 1.22. The topological polar surface area (TPSA) is 0 Å². The van der Waals surface area contributed by atoms with Crippen LogP contribution < -0.4 is 0 Å². The summed E-state index contributed by atoms with van der Waals surface area (Å²) >= 11 is 3.84. The van der Waals surface area contributed by atoms with Crippen LogP contribution in [0, 0.1) is 0 Å². The summed E-state index contributed by atoms with van der Waals surface area (Å²) in [7, 11) is 0. The Hall–Kier alpha value is -6.02. The summed E-state index contributed by atoms with van der Waals surface area (Å²) in [6, 6.07) is 48.5. The van der Waals surface area contributed by atoms with Gasteiger partial charge in [-0.1, -0.05) is 181 Å². The van der Waals surface area contributed by atoms with Crippen LogP contribution >= 0.6 is 15.9 Å². The molecule has 4 aliphatic carbocycles. The Labute approximate surface area is 342 Å². The van der Waals surface area contributed by atoms with Crippen molar-refractivity contribution in [3.05, 3.63) is 196 Å². The van der Waals surface area contributed by atoms with Gasteiger partial charge in [-0.25, -0.2) is 0 Å². The number of rotatable bonds is 4. The molecule has 0 aliphatic heterocycles. The minimum absolute atomic E-state index is 0.105. The van der Waals surface area contributed by atoms with Gasteiger partial charge in [-0.05, 0) is 147 Å². The molecule has 8 aromatic rings. The molecule has 4 aliphatic rings. The first-order valence-corrected chi connectivity index (χ1v) is 21.0. The molecule has 0 aromatic heterocycles. The van der Waals surface area contributed by atoms with E-state index in [1.54, 1.807) is 0 Å². The van der Waals surface area contributed by atoms with E-state index in [0.29, 0.717) is 5.92 Å². The third kappa shape index (κ3) is 4.28. The van der Waals surface area contributed by atoms with Crippen molar-refractivity contribution in [3.8, 4) is 44.5 Å². The van der Waals surface area contributed by atoms with E-state index >= 15 is 0 Å². The van der Waals surface area contributed by atoms with Crippen molar-refractivity contribution < 1.29 is 0 Å². The number of hydrogen-bond acceptors (Lipinski definition) is 0. The molecule has 1 heteroatoms. The lowest BCUT2D eigenvalue weighted by Gasteiger charge is -2.32. The van der Waals surface area contributed by atoms with Crippen molar-refractivity contribution >= 4 is 65.5 Å². The molecule has 0 saturated carbocycles.